The van der Waals surface area contributed by atoms with Crippen molar-refractivity contribution in [2.24, 2.45) is 0 Å². The fourth-order valence-electron chi connectivity index (χ4n) is 2.84. The van der Waals surface area contributed by atoms with Crippen molar-refractivity contribution >= 4 is 31.9 Å². The van der Waals surface area contributed by atoms with Crippen molar-refractivity contribution in [3.8, 4) is 33.8 Å². The molecule has 0 saturated heterocycles. The standard InChI is InChI=1S/C22H14Br2N2/c23-16-10-8-15(9-11-16)22-18(17-5-1-2-6-19(17)24)12-13-21(26-22)20-7-3-4-14-25-20/h1-14H. The number of rotatable bonds is 3. The van der Waals surface area contributed by atoms with Crippen LogP contribution in [0.2, 0.25) is 0 Å². The molecule has 26 heavy (non-hydrogen) atoms. The lowest BCUT2D eigenvalue weighted by atomic mass is 9.98. The normalized spacial score (nSPS) is 10.7. The van der Waals surface area contributed by atoms with Gasteiger partial charge in [-0.2, -0.15) is 0 Å². The lowest BCUT2D eigenvalue weighted by molar-refractivity contribution is 1.25. The van der Waals surface area contributed by atoms with E-state index in [1.165, 1.54) is 0 Å². The monoisotopic (exact) mass is 464 g/mol. The van der Waals surface area contributed by atoms with Gasteiger partial charge in [-0.05, 0) is 48.0 Å². The van der Waals surface area contributed by atoms with E-state index in [4.69, 9.17) is 4.98 Å². The maximum atomic E-state index is 4.96. The molecule has 0 aliphatic rings. The molecule has 0 bridgehead atoms. The molecule has 2 aromatic carbocycles. The molecule has 2 nitrogen and oxygen atoms in total. The highest BCUT2D eigenvalue weighted by molar-refractivity contribution is 9.10. The van der Waals surface area contributed by atoms with Gasteiger partial charge in [0.15, 0.2) is 0 Å². The quantitative estimate of drug-likeness (QED) is 0.325. The summed E-state index contributed by atoms with van der Waals surface area (Å²) in [6.07, 6.45) is 1.79. The van der Waals surface area contributed by atoms with Crippen LogP contribution < -0.4 is 0 Å². The van der Waals surface area contributed by atoms with E-state index in [1.54, 1.807) is 6.20 Å². The fraction of sp³-hybridized carbons (Fsp3) is 0. The van der Waals surface area contributed by atoms with Gasteiger partial charge in [-0.1, -0.05) is 68.3 Å². The van der Waals surface area contributed by atoms with Gasteiger partial charge in [-0.25, -0.2) is 4.98 Å². The zero-order valence-corrected chi connectivity index (χ0v) is 16.9. The van der Waals surface area contributed by atoms with Crippen molar-refractivity contribution in [3.05, 3.63) is 94.0 Å². The lowest BCUT2D eigenvalue weighted by Gasteiger charge is -2.13. The van der Waals surface area contributed by atoms with Gasteiger partial charge >= 0.3 is 0 Å². The topological polar surface area (TPSA) is 25.8 Å². The maximum absolute atomic E-state index is 4.96. The Balaban J connectivity index is 1.94. The van der Waals surface area contributed by atoms with Crippen molar-refractivity contribution in [2.75, 3.05) is 0 Å². The number of pyridine rings is 2. The molecule has 0 fully saturated rings. The smallest absolute Gasteiger partial charge is 0.0894 e. The Hall–Kier alpha value is -2.30. The summed E-state index contributed by atoms with van der Waals surface area (Å²) in [6, 6.07) is 26.4. The van der Waals surface area contributed by atoms with Gasteiger partial charge in [0.2, 0.25) is 0 Å². The molecule has 4 aromatic rings. The summed E-state index contributed by atoms with van der Waals surface area (Å²) < 4.78 is 2.09. The summed E-state index contributed by atoms with van der Waals surface area (Å²) in [4.78, 5) is 9.40. The van der Waals surface area contributed by atoms with Crippen molar-refractivity contribution in [1.29, 1.82) is 0 Å². The van der Waals surface area contributed by atoms with E-state index in [-0.39, 0.29) is 0 Å². The van der Waals surface area contributed by atoms with E-state index in [2.05, 4.69) is 61.1 Å². The molecule has 0 aliphatic heterocycles. The summed E-state index contributed by atoms with van der Waals surface area (Å²) in [5, 5.41) is 0. The van der Waals surface area contributed by atoms with Crippen LogP contribution in [0, 0.1) is 0 Å². The first-order chi connectivity index (χ1) is 12.7. The molecule has 126 valence electrons. The maximum Gasteiger partial charge on any atom is 0.0894 e. The Morgan fingerprint density at radius 3 is 2.12 bits per heavy atom. The van der Waals surface area contributed by atoms with Crippen molar-refractivity contribution in [3.63, 3.8) is 0 Å². The average molecular weight is 466 g/mol. The first-order valence-electron chi connectivity index (χ1n) is 8.16. The van der Waals surface area contributed by atoms with Crippen LogP contribution in [0.25, 0.3) is 33.8 Å². The van der Waals surface area contributed by atoms with Gasteiger partial charge in [0, 0.05) is 26.3 Å². The van der Waals surface area contributed by atoms with Crippen LogP contribution in [-0.2, 0) is 0 Å². The van der Waals surface area contributed by atoms with Gasteiger partial charge in [-0.3, -0.25) is 4.98 Å². The predicted molar refractivity (Wildman–Crippen MR) is 114 cm³/mol. The third-order valence-corrected chi connectivity index (χ3v) is 5.32. The largest absolute Gasteiger partial charge is 0.255 e. The van der Waals surface area contributed by atoms with Crippen LogP contribution in [-0.4, -0.2) is 9.97 Å². The SMILES string of the molecule is Brc1ccc(-c2nc(-c3ccccn3)ccc2-c2ccccc2Br)cc1. The first-order valence-corrected chi connectivity index (χ1v) is 9.74. The highest BCUT2D eigenvalue weighted by Crippen LogP contribution is 2.36. The van der Waals surface area contributed by atoms with Crippen molar-refractivity contribution in [1.82, 2.24) is 9.97 Å². The molecule has 0 amide bonds. The van der Waals surface area contributed by atoms with Gasteiger partial charge in [0.1, 0.15) is 0 Å². The molecule has 0 N–H and O–H groups in total. The second-order valence-corrected chi connectivity index (χ2v) is 7.56. The predicted octanol–water partition coefficient (Wildman–Crippen LogP) is 7.00. The molecular formula is C22H14Br2N2. The summed E-state index contributed by atoms with van der Waals surface area (Å²) in [7, 11) is 0. The molecule has 0 unspecified atom stereocenters. The molecule has 0 aliphatic carbocycles. The zero-order valence-electron chi connectivity index (χ0n) is 13.7. The van der Waals surface area contributed by atoms with Gasteiger partial charge in [-0.15, -0.1) is 0 Å². The van der Waals surface area contributed by atoms with Crippen molar-refractivity contribution < 1.29 is 0 Å². The number of hydrogen-bond acceptors (Lipinski definition) is 2. The molecule has 2 aromatic heterocycles. The number of aromatic nitrogens is 2. The molecule has 4 heteroatoms. The zero-order chi connectivity index (χ0) is 17.9. The Morgan fingerprint density at radius 1 is 0.615 bits per heavy atom. The second-order valence-electron chi connectivity index (χ2n) is 5.79. The Labute approximate surface area is 169 Å². The summed E-state index contributed by atoms with van der Waals surface area (Å²) >= 11 is 7.17. The first kappa shape index (κ1) is 17.1. The highest BCUT2D eigenvalue weighted by Gasteiger charge is 2.13. The molecule has 2 heterocycles. The van der Waals surface area contributed by atoms with Gasteiger partial charge in [0.05, 0.1) is 17.1 Å². The third kappa shape index (κ3) is 3.48. The van der Waals surface area contributed by atoms with Gasteiger partial charge < -0.3 is 0 Å². The van der Waals surface area contributed by atoms with Crippen LogP contribution >= 0.6 is 31.9 Å². The van der Waals surface area contributed by atoms with E-state index in [1.807, 2.05) is 54.6 Å². The van der Waals surface area contributed by atoms with E-state index >= 15 is 0 Å². The molecule has 0 saturated carbocycles. The Morgan fingerprint density at radius 2 is 1.38 bits per heavy atom. The van der Waals surface area contributed by atoms with Gasteiger partial charge in [0.25, 0.3) is 0 Å². The van der Waals surface area contributed by atoms with Crippen LogP contribution in [0.4, 0.5) is 0 Å². The molecule has 4 rings (SSSR count). The van der Waals surface area contributed by atoms with Crippen LogP contribution in [0.15, 0.2) is 94.0 Å². The van der Waals surface area contributed by atoms with E-state index in [0.717, 1.165) is 42.7 Å². The van der Waals surface area contributed by atoms with E-state index in [0.29, 0.717) is 0 Å². The number of nitrogens with zero attached hydrogens (tertiary/aromatic N) is 2. The Bertz CT molecular complexity index is 1050. The Kier molecular flexibility index (Phi) is 4.96. The number of hydrogen-bond donors (Lipinski definition) is 0. The van der Waals surface area contributed by atoms with Crippen LogP contribution in [0.1, 0.15) is 0 Å². The minimum absolute atomic E-state index is 0.860. The third-order valence-electron chi connectivity index (χ3n) is 4.10. The van der Waals surface area contributed by atoms with Crippen LogP contribution in [0.5, 0.6) is 0 Å². The van der Waals surface area contributed by atoms with Crippen molar-refractivity contribution in [2.45, 2.75) is 0 Å². The summed E-state index contributed by atoms with van der Waals surface area (Å²) in [5.41, 5.74) is 5.93. The number of halogens is 2. The fourth-order valence-corrected chi connectivity index (χ4v) is 3.60. The average Bonchev–Trinajstić information content (AvgIpc) is 2.69. The minimum atomic E-state index is 0.860. The number of benzene rings is 2. The molecule has 0 atom stereocenters. The summed E-state index contributed by atoms with van der Waals surface area (Å²) in [5.74, 6) is 0. The summed E-state index contributed by atoms with van der Waals surface area (Å²) in [6.45, 7) is 0. The molecular weight excluding hydrogens is 452 g/mol. The second kappa shape index (κ2) is 7.52. The lowest BCUT2D eigenvalue weighted by Crippen LogP contribution is -1.94. The molecule has 0 radical (unpaired) electrons. The highest BCUT2D eigenvalue weighted by atomic mass is 79.9. The minimum Gasteiger partial charge on any atom is -0.255 e. The van der Waals surface area contributed by atoms with Crippen LogP contribution in [0.3, 0.4) is 0 Å². The van der Waals surface area contributed by atoms with E-state index < -0.39 is 0 Å². The molecule has 0 spiro atoms. The van der Waals surface area contributed by atoms with E-state index in [9.17, 15) is 0 Å².